The number of carbonyl (C=O) groups excluding carboxylic acids is 2. The summed E-state index contributed by atoms with van der Waals surface area (Å²) >= 11 is 0. The van der Waals surface area contributed by atoms with Crippen LogP contribution in [0.1, 0.15) is 37.5 Å². The first-order valence-corrected chi connectivity index (χ1v) is 10.3. The molecule has 0 saturated carbocycles. The minimum absolute atomic E-state index is 0.150. The van der Waals surface area contributed by atoms with Gasteiger partial charge in [0.15, 0.2) is 0 Å². The van der Waals surface area contributed by atoms with Crippen LogP contribution >= 0.6 is 0 Å². The summed E-state index contributed by atoms with van der Waals surface area (Å²) in [5, 5.41) is 12.3. The zero-order chi connectivity index (χ0) is 22.6. The third-order valence-corrected chi connectivity index (χ3v) is 5.08. The van der Waals surface area contributed by atoms with E-state index in [0.29, 0.717) is 6.42 Å². The van der Waals surface area contributed by atoms with Crippen LogP contribution in [-0.2, 0) is 33.7 Å². The maximum Gasteiger partial charge on any atom is 0.411 e. The second kappa shape index (κ2) is 9.20. The monoisotopic (exact) mass is 424 g/mol. The summed E-state index contributed by atoms with van der Waals surface area (Å²) in [6, 6.07) is 14.7. The van der Waals surface area contributed by atoms with Gasteiger partial charge in [-0.1, -0.05) is 54.6 Å². The lowest BCUT2D eigenvalue weighted by molar-refractivity contribution is -0.142. The van der Waals surface area contributed by atoms with Crippen molar-refractivity contribution in [2.75, 3.05) is 0 Å². The molecule has 0 aromatic heterocycles. The van der Waals surface area contributed by atoms with Gasteiger partial charge in [-0.3, -0.25) is 9.69 Å². The summed E-state index contributed by atoms with van der Waals surface area (Å²) in [6.07, 6.45) is -0.159. The maximum atomic E-state index is 13.2. The smallest absolute Gasteiger partial charge is 0.411 e. The Morgan fingerprint density at radius 1 is 1.06 bits per heavy atom. The largest absolute Gasteiger partial charge is 0.480 e. The molecule has 164 valence electrons. The van der Waals surface area contributed by atoms with Crippen LogP contribution in [0.2, 0.25) is 0 Å². The molecule has 0 aliphatic carbocycles. The average molecular weight is 424 g/mol. The predicted molar refractivity (Wildman–Crippen MR) is 115 cm³/mol. The van der Waals surface area contributed by atoms with Crippen molar-refractivity contribution in [3.8, 4) is 0 Å². The summed E-state index contributed by atoms with van der Waals surface area (Å²) in [5.41, 5.74) is 1.98. The molecule has 7 heteroatoms. The van der Waals surface area contributed by atoms with Crippen molar-refractivity contribution in [1.29, 1.82) is 0 Å². The first kappa shape index (κ1) is 22.3. The number of nitrogens with one attached hydrogen (secondary N) is 1. The van der Waals surface area contributed by atoms with Crippen LogP contribution in [0.15, 0.2) is 54.6 Å². The first-order chi connectivity index (χ1) is 14.6. The van der Waals surface area contributed by atoms with Gasteiger partial charge in [-0.15, -0.1) is 0 Å². The van der Waals surface area contributed by atoms with Gasteiger partial charge in [0, 0.05) is 12.8 Å². The van der Waals surface area contributed by atoms with Crippen LogP contribution in [0.25, 0.3) is 0 Å². The number of carboxylic acid groups (broad SMARTS) is 1. The van der Waals surface area contributed by atoms with Gasteiger partial charge in [-0.2, -0.15) is 0 Å². The number of nitrogens with zero attached hydrogens (tertiary/aromatic N) is 1. The minimum Gasteiger partial charge on any atom is -0.480 e. The van der Waals surface area contributed by atoms with E-state index in [1.807, 2.05) is 54.6 Å². The van der Waals surface area contributed by atoms with Gasteiger partial charge in [0.05, 0.1) is 6.54 Å². The van der Waals surface area contributed by atoms with Crippen molar-refractivity contribution >= 4 is 18.0 Å². The van der Waals surface area contributed by atoms with Gasteiger partial charge in [-0.05, 0) is 37.5 Å². The number of fused-ring (bicyclic) bond motifs is 1. The molecule has 1 heterocycles. The van der Waals surface area contributed by atoms with E-state index in [1.165, 1.54) is 4.90 Å². The molecular formula is C24H28N2O5. The third kappa shape index (κ3) is 5.84. The molecular weight excluding hydrogens is 396 g/mol. The van der Waals surface area contributed by atoms with Crippen LogP contribution < -0.4 is 5.32 Å². The number of carbonyl (C=O) groups is 3. The number of benzene rings is 2. The molecule has 2 aromatic carbocycles. The molecule has 3 rings (SSSR count). The topological polar surface area (TPSA) is 95.9 Å². The highest BCUT2D eigenvalue weighted by molar-refractivity contribution is 5.90. The van der Waals surface area contributed by atoms with Crippen molar-refractivity contribution in [1.82, 2.24) is 10.2 Å². The minimum atomic E-state index is -1.13. The molecule has 0 spiro atoms. The molecule has 2 N–H and O–H groups in total. The SMILES string of the molecule is CC(C)(C)OC(=O)N1Cc2ccccc2C[C@H]1C(=O)N[C@@H](Cc1ccccc1)C(=O)O. The quantitative estimate of drug-likeness (QED) is 0.769. The van der Waals surface area contributed by atoms with E-state index < -0.39 is 35.7 Å². The Balaban J connectivity index is 1.82. The van der Waals surface area contributed by atoms with E-state index >= 15 is 0 Å². The molecule has 31 heavy (non-hydrogen) atoms. The molecule has 0 saturated heterocycles. The Labute approximate surface area is 182 Å². The standard InChI is InChI=1S/C24H28N2O5/c1-24(2,3)31-23(30)26-15-18-12-8-7-11-17(18)14-20(26)21(27)25-19(22(28)29)13-16-9-5-4-6-10-16/h4-12,19-20H,13-15H2,1-3H3,(H,25,27)(H,28,29)/t19-,20-/m0/s1. The fourth-order valence-electron chi connectivity index (χ4n) is 3.59. The normalized spacial score (nSPS) is 16.7. The lowest BCUT2D eigenvalue weighted by Crippen LogP contribution is -2.56. The van der Waals surface area contributed by atoms with E-state index in [4.69, 9.17) is 4.74 Å². The summed E-state index contributed by atoms with van der Waals surface area (Å²) in [4.78, 5) is 39.2. The first-order valence-electron chi connectivity index (χ1n) is 10.3. The number of rotatable bonds is 5. The van der Waals surface area contributed by atoms with E-state index in [2.05, 4.69) is 5.32 Å². The molecule has 0 bridgehead atoms. The zero-order valence-electron chi connectivity index (χ0n) is 18.0. The highest BCUT2D eigenvalue weighted by Crippen LogP contribution is 2.25. The number of hydrogen-bond acceptors (Lipinski definition) is 4. The average Bonchev–Trinajstić information content (AvgIpc) is 2.71. The van der Waals surface area contributed by atoms with Gasteiger partial charge in [0.25, 0.3) is 0 Å². The molecule has 0 radical (unpaired) electrons. The zero-order valence-corrected chi connectivity index (χ0v) is 18.0. The lowest BCUT2D eigenvalue weighted by atomic mass is 9.93. The third-order valence-electron chi connectivity index (χ3n) is 5.08. The van der Waals surface area contributed by atoms with Gasteiger partial charge in [0.1, 0.15) is 17.7 Å². The van der Waals surface area contributed by atoms with E-state index in [0.717, 1.165) is 16.7 Å². The van der Waals surface area contributed by atoms with Crippen molar-refractivity contribution in [3.05, 3.63) is 71.3 Å². The fourth-order valence-corrected chi connectivity index (χ4v) is 3.59. The maximum absolute atomic E-state index is 13.2. The summed E-state index contributed by atoms with van der Waals surface area (Å²) < 4.78 is 5.51. The van der Waals surface area contributed by atoms with E-state index in [1.54, 1.807) is 20.8 Å². The van der Waals surface area contributed by atoms with Crippen LogP contribution in [0, 0.1) is 0 Å². The van der Waals surface area contributed by atoms with Crippen molar-refractivity contribution in [2.24, 2.45) is 0 Å². The summed E-state index contributed by atoms with van der Waals surface area (Å²) in [6.45, 7) is 5.51. The van der Waals surface area contributed by atoms with Gasteiger partial charge < -0.3 is 15.2 Å². The van der Waals surface area contributed by atoms with Crippen molar-refractivity contribution in [2.45, 2.75) is 57.8 Å². The molecule has 2 aromatic rings. The number of aliphatic carboxylic acids is 1. The van der Waals surface area contributed by atoms with Crippen molar-refractivity contribution in [3.63, 3.8) is 0 Å². The molecule has 0 unspecified atom stereocenters. The number of carboxylic acids is 1. The van der Waals surface area contributed by atoms with Crippen molar-refractivity contribution < 1.29 is 24.2 Å². The predicted octanol–water partition coefficient (Wildman–Crippen LogP) is 3.16. The Bertz CT molecular complexity index is 952. The van der Waals surface area contributed by atoms with Crippen LogP contribution in [0.3, 0.4) is 0 Å². The number of hydrogen-bond donors (Lipinski definition) is 2. The highest BCUT2D eigenvalue weighted by Gasteiger charge is 2.38. The Kier molecular flexibility index (Phi) is 6.63. The summed E-state index contributed by atoms with van der Waals surface area (Å²) in [5.74, 6) is -1.64. The van der Waals surface area contributed by atoms with Crippen LogP contribution in [0.5, 0.6) is 0 Å². The van der Waals surface area contributed by atoms with Crippen LogP contribution in [-0.4, -0.2) is 45.7 Å². The molecule has 2 atom stereocenters. The van der Waals surface area contributed by atoms with E-state index in [9.17, 15) is 19.5 Å². The second-order valence-electron chi connectivity index (χ2n) is 8.69. The number of ether oxygens (including phenoxy) is 1. The lowest BCUT2D eigenvalue weighted by Gasteiger charge is -2.37. The molecule has 1 aliphatic heterocycles. The van der Waals surface area contributed by atoms with Gasteiger partial charge in [0.2, 0.25) is 5.91 Å². The molecule has 0 fully saturated rings. The molecule has 2 amide bonds. The fraction of sp³-hybridized carbons (Fsp3) is 0.375. The van der Waals surface area contributed by atoms with E-state index in [-0.39, 0.29) is 13.0 Å². The molecule has 1 aliphatic rings. The summed E-state index contributed by atoms with van der Waals surface area (Å²) in [7, 11) is 0. The second-order valence-corrected chi connectivity index (χ2v) is 8.69. The Morgan fingerprint density at radius 3 is 2.29 bits per heavy atom. The highest BCUT2D eigenvalue weighted by atomic mass is 16.6. The Morgan fingerprint density at radius 2 is 1.68 bits per heavy atom. The van der Waals surface area contributed by atoms with Gasteiger partial charge in [-0.25, -0.2) is 9.59 Å². The van der Waals surface area contributed by atoms with Gasteiger partial charge >= 0.3 is 12.1 Å². The molecule has 7 nitrogen and oxygen atoms in total. The van der Waals surface area contributed by atoms with Crippen LogP contribution in [0.4, 0.5) is 4.79 Å². The number of amides is 2. The Hall–Kier alpha value is -3.35.